The normalized spacial score (nSPS) is 24.8. The maximum Gasteiger partial charge on any atom is 0.231 e. The van der Waals surface area contributed by atoms with Crippen LogP contribution in [0.1, 0.15) is 18.9 Å². The summed E-state index contributed by atoms with van der Waals surface area (Å²) in [6.45, 7) is 3.39. The molecular formula is C13H17NO3. The predicted molar refractivity (Wildman–Crippen MR) is 63.5 cm³/mol. The third-order valence-electron chi connectivity index (χ3n) is 3.40. The molecule has 2 aliphatic rings. The Morgan fingerprint density at radius 3 is 2.94 bits per heavy atom. The van der Waals surface area contributed by atoms with Crippen molar-refractivity contribution in [1.29, 1.82) is 0 Å². The van der Waals surface area contributed by atoms with Crippen LogP contribution in [0.5, 0.6) is 17.2 Å². The Morgan fingerprint density at radius 1 is 1.41 bits per heavy atom. The third kappa shape index (κ3) is 2.05. The molecule has 1 aromatic carbocycles. The summed E-state index contributed by atoms with van der Waals surface area (Å²) in [5, 5.41) is 3.51. The fourth-order valence-electron chi connectivity index (χ4n) is 2.14. The largest absolute Gasteiger partial charge is 0.493 e. The van der Waals surface area contributed by atoms with Gasteiger partial charge in [-0.2, -0.15) is 0 Å². The van der Waals surface area contributed by atoms with Gasteiger partial charge in [-0.3, -0.25) is 0 Å². The van der Waals surface area contributed by atoms with E-state index in [0.717, 1.165) is 29.7 Å². The van der Waals surface area contributed by atoms with Gasteiger partial charge in [0.2, 0.25) is 12.5 Å². The van der Waals surface area contributed by atoms with Crippen LogP contribution in [0.25, 0.3) is 0 Å². The Balaban J connectivity index is 1.75. The molecule has 1 saturated carbocycles. The van der Waals surface area contributed by atoms with Gasteiger partial charge in [-0.05, 0) is 30.0 Å². The summed E-state index contributed by atoms with van der Waals surface area (Å²) in [4.78, 5) is 0. The molecule has 0 spiro atoms. The number of nitrogens with one attached hydrogen (secondary N) is 1. The molecule has 1 aliphatic heterocycles. The first kappa shape index (κ1) is 10.7. The van der Waals surface area contributed by atoms with Crippen molar-refractivity contribution in [1.82, 2.24) is 5.32 Å². The smallest absolute Gasteiger partial charge is 0.231 e. The SMILES string of the molecule is COc1cc(CN[C@@H]2C[C@H]2C)cc2c1OCO2. The van der Waals surface area contributed by atoms with Crippen molar-refractivity contribution in [3.8, 4) is 17.2 Å². The standard InChI is InChI=1S/C13H17NO3/c1-8-3-10(8)14-6-9-4-11(15-2)13-12(5-9)16-7-17-13/h4-5,8,10,14H,3,6-7H2,1-2H3/t8-,10-/m1/s1. The summed E-state index contributed by atoms with van der Waals surface area (Å²) in [6.07, 6.45) is 1.28. The minimum atomic E-state index is 0.280. The van der Waals surface area contributed by atoms with E-state index in [4.69, 9.17) is 14.2 Å². The molecule has 1 N–H and O–H groups in total. The second-order valence-corrected chi connectivity index (χ2v) is 4.73. The lowest BCUT2D eigenvalue weighted by Gasteiger charge is -2.09. The molecule has 0 aromatic heterocycles. The molecule has 4 nitrogen and oxygen atoms in total. The van der Waals surface area contributed by atoms with Gasteiger partial charge in [0.15, 0.2) is 11.5 Å². The van der Waals surface area contributed by atoms with Crippen LogP contribution in [-0.4, -0.2) is 19.9 Å². The van der Waals surface area contributed by atoms with Crippen molar-refractivity contribution in [3.63, 3.8) is 0 Å². The van der Waals surface area contributed by atoms with Crippen LogP contribution in [0.2, 0.25) is 0 Å². The first-order valence-corrected chi connectivity index (χ1v) is 5.98. The zero-order chi connectivity index (χ0) is 11.8. The Kier molecular flexibility index (Phi) is 2.59. The lowest BCUT2D eigenvalue weighted by Crippen LogP contribution is -2.17. The molecule has 1 aromatic rings. The quantitative estimate of drug-likeness (QED) is 0.865. The van der Waals surface area contributed by atoms with E-state index in [1.165, 1.54) is 12.0 Å². The van der Waals surface area contributed by atoms with Crippen LogP contribution in [0, 0.1) is 5.92 Å². The van der Waals surface area contributed by atoms with E-state index in [1.807, 2.05) is 12.1 Å². The Morgan fingerprint density at radius 2 is 2.24 bits per heavy atom. The molecule has 17 heavy (non-hydrogen) atoms. The summed E-state index contributed by atoms with van der Waals surface area (Å²) in [5.41, 5.74) is 1.17. The maximum atomic E-state index is 5.40. The van der Waals surface area contributed by atoms with Crippen molar-refractivity contribution in [2.45, 2.75) is 25.9 Å². The summed E-state index contributed by atoms with van der Waals surface area (Å²) in [7, 11) is 1.65. The van der Waals surface area contributed by atoms with Crippen LogP contribution in [0.15, 0.2) is 12.1 Å². The van der Waals surface area contributed by atoms with Gasteiger partial charge in [0, 0.05) is 12.6 Å². The molecule has 92 valence electrons. The third-order valence-corrected chi connectivity index (χ3v) is 3.40. The molecule has 3 rings (SSSR count). The molecule has 2 atom stereocenters. The summed E-state index contributed by atoms with van der Waals surface area (Å²) >= 11 is 0. The number of hydrogen-bond donors (Lipinski definition) is 1. The van der Waals surface area contributed by atoms with Crippen molar-refractivity contribution in [2.24, 2.45) is 5.92 Å². The van der Waals surface area contributed by atoms with E-state index in [0.29, 0.717) is 6.04 Å². The average molecular weight is 235 g/mol. The Hall–Kier alpha value is -1.42. The fourth-order valence-corrected chi connectivity index (χ4v) is 2.14. The number of hydrogen-bond acceptors (Lipinski definition) is 4. The van der Waals surface area contributed by atoms with Crippen molar-refractivity contribution >= 4 is 0 Å². The number of fused-ring (bicyclic) bond motifs is 1. The van der Waals surface area contributed by atoms with Crippen molar-refractivity contribution in [2.75, 3.05) is 13.9 Å². The minimum absolute atomic E-state index is 0.280. The molecule has 4 heteroatoms. The Labute approximate surface area is 101 Å². The van der Waals surface area contributed by atoms with Gasteiger partial charge in [-0.1, -0.05) is 6.92 Å². The monoisotopic (exact) mass is 235 g/mol. The zero-order valence-corrected chi connectivity index (χ0v) is 10.2. The van der Waals surface area contributed by atoms with Crippen LogP contribution in [-0.2, 0) is 6.54 Å². The van der Waals surface area contributed by atoms with Gasteiger partial charge in [0.05, 0.1) is 7.11 Å². The number of benzene rings is 1. The fraction of sp³-hybridized carbons (Fsp3) is 0.538. The second kappa shape index (κ2) is 4.11. The van der Waals surface area contributed by atoms with E-state index < -0.39 is 0 Å². The molecular weight excluding hydrogens is 218 g/mol. The van der Waals surface area contributed by atoms with Gasteiger partial charge >= 0.3 is 0 Å². The number of ether oxygens (including phenoxy) is 3. The number of rotatable bonds is 4. The summed E-state index contributed by atoms with van der Waals surface area (Å²) in [6, 6.07) is 4.70. The molecule has 0 amide bonds. The maximum absolute atomic E-state index is 5.40. The number of methoxy groups -OCH3 is 1. The summed E-state index contributed by atoms with van der Waals surface area (Å²) < 4.78 is 16.1. The van der Waals surface area contributed by atoms with Gasteiger partial charge in [-0.25, -0.2) is 0 Å². The summed E-state index contributed by atoms with van der Waals surface area (Å²) in [5.74, 6) is 3.06. The van der Waals surface area contributed by atoms with E-state index in [1.54, 1.807) is 7.11 Å². The Bertz CT molecular complexity index is 433. The van der Waals surface area contributed by atoms with E-state index in [-0.39, 0.29) is 6.79 Å². The molecule has 1 fully saturated rings. The lowest BCUT2D eigenvalue weighted by atomic mass is 10.2. The lowest BCUT2D eigenvalue weighted by molar-refractivity contribution is 0.171. The molecule has 0 saturated heterocycles. The van der Waals surface area contributed by atoms with Gasteiger partial charge < -0.3 is 19.5 Å². The minimum Gasteiger partial charge on any atom is -0.493 e. The van der Waals surface area contributed by atoms with Crippen LogP contribution >= 0.6 is 0 Å². The molecule has 1 heterocycles. The van der Waals surface area contributed by atoms with Crippen molar-refractivity contribution < 1.29 is 14.2 Å². The zero-order valence-electron chi connectivity index (χ0n) is 10.2. The van der Waals surface area contributed by atoms with E-state index in [2.05, 4.69) is 12.2 Å². The van der Waals surface area contributed by atoms with Crippen LogP contribution in [0.3, 0.4) is 0 Å². The highest BCUT2D eigenvalue weighted by Gasteiger charge is 2.31. The highest BCUT2D eigenvalue weighted by atomic mass is 16.7. The molecule has 1 aliphatic carbocycles. The first-order valence-electron chi connectivity index (χ1n) is 5.98. The molecule has 0 radical (unpaired) electrons. The van der Waals surface area contributed by atoms with Crippen molar-refractivity contribution in [3.05, 3.63) is 17.7 Å². The predicted octanol–water partition coefficient (Wildman–Crippen LogP) is 1.92. The molecule has 0 bridgehead atoms. The van der Waals surface area contributed by atoms with Gasteiger partial charge in [0.25, 0.3) is 0 Å². The van der Waals surface area contributed by atoms with Crippen LogP contribution in [0.4, 0.5) is 0 Å². The second-order valence-electron chi connectivity index (χ2n) is 4.73. The van der Waals surface area contributed by atoms with E-state index in [9.17, 15) is 0 Å². The molecule has 0 unspecified atom stereocenters. The van der Waals surface area contributed by atoms with Gasteiger partial charge in [0.1, 0.15) is 0 Å². The highest BCUT2D eigenvalue weighted by molar-refractivity contribution is 5.55. The van der Waals surface area contributed by atoms with Gasteiger partial charge in [-0.15, -0.1) is 0 Å². The average Bonchev–Trinajstić information content (AvgIpc) is 2.85. The highest BCUT2D eigenvalue weighted by Crippen LogP contribution is 2.42. The van der Waals surface area contributed by atoms with Crippen LogP contribution < -0.4 is 19.5 Å². The topological polar surface area (TPSA) is 39.7 Å². The first-order chi connectivity index (χ1) is 8.28. The van der Waals surface area contributed by atoms with E-state index >= 15 is 0 Å².